The number of amides is 2. The van der Waals surface area contributed by atoms with E-state index in [1.807, 2.05) is 5.32 Å². The Morgan fingerprint density at radius 3 is 2.56 bits per heavy atom. The lowest BCUT2D eigenvalue weighted by Gasteiger charge is -2.05. The van der Waals surface area contributed by atoms with E-state index >= 15 is 0 Å². The van der Waals surface area contributed by atoms with Gasteiger partial charge in [0.2, 0.25) is 0 Å². The van der Waals surface area contributed by atoms with Crippen LogP contribution in [0, 0.1) is 10.1 Å². The van der Waals surface area contributed by atoms with Crippen molar-refractivity contribution in [3.05, 3.63) is 59.1 Å². The van der Waals surface area contributed by atoms with Gasteiger partial charge in [0.25, 0.3) is 17.5 Å². The number of carbonyl (C=O) groups is 3. The van der Waals surface area contributed by atoms with Gasteiger partial charge >= 0.3 is 5.97 Å². The number of halogens is 2. The Morgan fingerprint density at radius 2 is 1.96 bits per heavy atom. The van der Waals surface area contributed by atoms with Gasteiger partial charge in [0.05, 0.1) is 8.71 Å². The Labute approximate surface area is 161 Å². The molecule has 0 aliphatic heterocycles. The summed E-state index contributed by atoms with van der Waals surface area (Å²) >= 11 is 7.58. The third-order valence-corrected chi connectivity index (χ3v) is 5.99. The molecule has 0 radical (unpaired) electrons. The van der Waals surface area contributed by atoms with Gasteiger partial charge in [-0.25, -0.2) is 4.79 Å². The minimum absolute atomic E-state index is 0.0556. The van der Waals surface area contributed by atoms with Gasteiger partial charge in [0, 0.05) is 22.2 Å². The lowest BCUT2D eigenvalue weighted by atomic mass is 10.2. The summed E-state index contributed by atoms with van der Waals surface area (Å²) in [6.45, 7) is -0.660. The van der Waals surface area contributed by atoms with Crippen LogP contribution < -0.4 is 5.32 Å². The third-order valence-electron chi connectivity index (χ3n) is 2.75. The molecule has 8 nitrogen and oxygen atoms in total. The van der Waals surface area contributed by atoms with Crippen molar-refractivity contribution in [1.29, 1.82) is 0 Å². The number of thiophene rings is 1. The van der Waals surface area contributed by atoms with E-state index < -0.39 is 29.3 Å². The number of hydrogen-bond donors (Lipinski definition) is 1. The highest BCUT2D eigenvalue weighted by atomic mass is 79.9. The second-order valence-electron chi connectivity index (χ2n) is 4.49. The Kier molecular flexibility index (Phi) is 6.39. The molecule has 2 amide bonds. The number of carbonyl (C=O) groups excluding carboxylic acids is 3. The fourth-order valence-electron chi connectivity index (χ4n) is 1.64. The summed E-state index contributed by atoms with van der Waals surface area (Å²) in [5, 5.41) is 12.7. The van der Waals surface area contributed by atoms with Crippen molar-refractivity contribution in [2.45, 2.75) is 0 Å². The van der Waals surface area contributed by atoms with Crippen LogP contribution in [-0.4, -0.2) is 29.3 Å². The van der Waals surface area contributed by atoms with Crippen LogP contribution in [0.2, 0.25) is 0 Å². The van der Waals surface area contributed by atoms with Gasteiger partial charge in [-0.2, -0.15) is 0 Å². The first-order valence-corrected chi connectivity index (χ1v) is 8.88. The molecule has 1 aromatic carbocycles. The Balaban J connectivity index is 1.91. The quantitative estimate of drug-likeness (QED) is 0.389. The number of nitrogens with one attached hydrogen (secondary N) is 1. The molecule has 0 aliphatic carbocycles. The predicted octanol–water partition coefficient (Wildman–Crippen LogP) is 3.29. The lowest BCUT2D eigenvalue weighted by molar-refractivity contribution is -0.384. The van der Waals surface area contributed by atoms with Crippen LogP contribution in [-0.2, 0) is 9.53 Å². The van der Waals surface area contributed by atoms with Gasteiger partial charge in [0.1, 0.15) is 4.88 Å². The van der Waals surface area contributed by atoms with Crippen LogP contribution in [0.1, 0.15) is 20.0 Å². The molecule has 0 saturated heterocycles. The maximum absolute atomic E-state index is 11.9. The summed E-state index contributed by atoms with van der Waals surface area (Å²) in [6.07, 6.45) is 0. The van der Waals surface area contributed by atoms with Gasteiger partial charge in [-0.05, 0) is 44.0 Å². The number of nitrogens with zero attached hydrogens (tertiary/aromatic N) is 1. The van der Waals surface area contributed by atoms with Crippen molar-refractivity contribution >= 4 is 66.7 Å². The maximum atomic E-state index is 11.9. The molecule has 0 fully saturated rings. The van der Waals surface area contributed by atoms with E-state index in [1.54, 1.807) is 0 Å². The molecule has 1 N–H and O–H groups in total. The topological polar surface area (TPSA) is 116 Å². The van der Waals surface area contributed by atoms with Crippen LogP contribution in [0.5, 0.6) is 0 Å². The number of rotatable bonds is 5. The molecule has 0 aliphatic rings. The van der Waals surface area contributed by atoms with E-state index in [2.05, 4.69) is 31.9 Å². The molecule has 0 atom stereocenters. The fourth-order valence-corrected chi connectivity index (χ4v) is 3.57. The maximum Gasteiger partial charge on any atom is 0.348 e. The number of benzene rings is 1. The fraction of sp³-hybridized carbons (Fsp3) is 0.0714. The van der Waals surface area contributed by atoms with E-state index in [-0.39, 0.29) is 16.1 Å². The summed E-state index contributed by atoms with van der Waals surface area (Å²) in [5.41, 5.74) is -0.333. The van der Waals surface area contributed by atoms with Crippen molar-refractivity contribution < 1.29 is 24.0 Å². The molecule has 2 rings (SSSR count). The molecular weight excluding hydrogens is 484 g/mol. The number of nitro groups is 1. The number of hydrogen-bond acceptors (Lipinski definition) is 7. The standard InChI is InChI=1S/C14H8Br2N2O6S/c15-9-5-10(25-12(9)16)14(21)24-6-11(19)17-13(20)7-2-1-3-8(4-7)18(22)23/h1-5H,6H2,(H,17,19,20). The van der Waals surface area contributed by atoms with Crippen molar-refractivity contribution in [1.82, 2.24) is 5.32 Å². The molecule has 0 spiro atoms. The number of esters is 1. The van der Waals surface area contributed by atoms with E-state index in [0.29, 0.717) is 8.26 Å². The Bertz CT molecular complexity index is 847. The van der Waals surface area contributed by atoms with E-state index in [1.165, 1.54) is 24.3 Å². The minimum atomic E-state index is -0.848. The van der Waals surface area contributed by atoms with Gasteiger partial charge < -0.3 is 4.74 Å². The number of nitro benzene ring substituents is 1. The van der Waals surface area contributed by atoms with Crippen LogP contribution >= 0.6 is 43.2 Å². The zero-order chi connectivity index (χ0) is 18.6. The molecular formula is C14H8Br2N2O6S. The summed E-state index contributed by atoms with van der Waals surface area (Å²) in [4.78, 5) is 45.7. The summed E-state index contributed by atoms with van der Waals surface area (Å²) < 4.78 is 6.19. The number of non-ortho nitro benzene ring substituents is 1. The minimum Gasteiger partial charge on any atom is -0.451 e. The molecule has 0 unspecified atom stereocenters. The normalized spacial score (nSPS) is 10.2. The first kappa shape index (κ1) is 19.2. The Hall–Kier alpha value is -2.11. The van der Waals surface area contributed by atoms with Gasteiger partial charge in [-0.1, -0.05) is 6.07 Å². The van der Waals surface area contributed by atoms with Gasteiger partial charge in [0.15, 0.2) is 6.61 Å². The van der Waals surface area contributed by atoms with E-state index in [4.69, 9.17) is 4.74 Å². The summed E-state index contributed by atoms with van der Waals surface area (Å²) in [7, 11) is 0. The second-order valence-corrected chi connectivity index (χ2v) is 7.72. The predicted molar refractivity (Wildman–Crippen MR) is 95.6 cm³/mol. The highest BCUT2D eigenvalue weighted by molar-refractivity contribution is 9.13. The zero-order valence-corrected chi connectivity index (χ0v) is 16.1. The SMILES string of the molecule is O=C(COC(=O)c1cc(Br)c(Br)s1)NC(=O)c1cccc([N+](=O)[O-])c1. The third kappa shape index (κ3) is 5.18. The summed E-state index contributed by atoms with van der Waals surface area (Å²) in [6, 6.07) is 6.43. The number of ether oxygens (including phenoxy) is 1. The first-order chi connectivity index (χ1) is 11.8. The van der Waals surface area contributed by atoms with Crippen LogP contribution in [0.4, 0.5) is 5.69 Å². The van der Waals surface area contributed by atoms with E-state index in [9.17, 15) is 24.5 Å². The van der Waals surface area contributed by atoms with Crippen molar-refractivity contribution in [2.24, 2.45) is 0 Å². The first-order valence-electron chi connectivity index (χ1n) is 6.48. The van der Waals surface area contributed by atoms with E-state index in [0.717, 1.165) is 17.4 Å². The average Bonchev–Trinajstić information content (AvgIpc) is 2.92. The smallest absolute Gasteiger partial charge is 0.348 e. The summed E-state index contributed by atoms with van der Waals surface area (Å²) in [5.74, 6) is -2.39. The molecule has 130 valence electrons. The highest BCUT2D eigenvalue weighted by Gasteiger charge is 2.17. The van der Waals surface area contributed by atoms with Crippen molar-refractivity contribution in [3.63, 3.8) is 0 Å². The lowest BCUT2D eigenvalue weighted by Crippen LogP contribution is -2.34. The molecule has 1 aromatic heterocycles. The van der Waals surface area contributed by atoms with Crippen molar-refractivity contribution in [3.8, 4) is 0 Å². The van der Waals surface area contributed by atoms with Gasteiger partial charge in [-0.15, -0.1) is 11.3 Å². The molecule has 25 heavy (non-hydrogen) atoms. The monoisotopic (exact) mass is 490 g/mol. The molecule has 11 heteroatoms. The molecule has 1 heterocycles. The average molecular weight is 492 g/mol. The largest absolute Gasteiger partial charge is 0.451 e. The number of imide groups is 1. The van der Waals surface area contributed by atoms with Crippen molar-refractivity contribution in [2.75, 3.05) is 6.61 Å². The Morgan fingerprint density at radius 1 is 1.24 bits per heavy atom. The second kappa shape index (κ2) is 8.32. The van der Waals surface area contributed by atoms with Crippen LogP contribution in [0.15, 0.2) is 38.6 Å². The molecule has 2 aromatic rings. The van der Waals surface area contributed by atoms with Crippen LogP contribution in [0.3, 0.4) is 0 Å². The molecule has 0 saturated carbocycles. The zero-order valence-electron chi connectivity index (χ0n) is 12.2. The highest BCUT2D eigenvalue weighted by Crippen LogP contribution is 2.32. The van der Waals surface area contributed by atoms with Gasteiger partial charge in [-0.3, -0.25) is 25.0 Å². The molecule has 0 bridgehead atoms. The van der Waals surface area contributed by atoms with Crippen LogP contribution in [0.25, 0.3) is 0 Å².